The Labute approximate surface area is 137 Å². The summed E-state index contributed by atoms with van der Waals surface area (Å²) in [5.74, 6) is 0.846. The molecular formula is C17H16BrClO2. The van der Waals surface area contributed by atoms with Crippen molar-refractivity contribution in [3.63, 3.8) is 0 Å². The maximum atomic E-state index is 10.2. The summed E-state index contributed by atoms with van der Waals surface area (Å²) in [4.78, 5) is 0. The monoisotopic (exact) mass is 366 g/mol. The number of halogens is 2. The van der Waals surface area contributed by atoms with Gasteiger partial charge in [-0.25, -0.2) is 0 Å². The van der Waals surface area contributed by atoms with Crippen LogP contribution in [0, 0.1) is 0 Å². The van der Waals surface area contributed by atoms with E-state index in [1.807, 2.05) is 24.3 Å². The van der Waals surface area contributed by atoms with Gasteiger partial charge in [-0.1, -0.05) is 39.7 Å². The van der Waals surface area contributed by atoms with Crippen LogP contribution >= 0.6 is 27.5 Å². The van der Waals surface area contributed by atoms with E-state index in [0.29, 0.717) is 23.6 Å². The van der Waals surface area contributed by atoms with Crippen LogP contribution in [0.3, 0.4) is 0 Å². The van der Waals surface area contributed by atoms with Crippen LogP contribution < -0.4 is 4.74 Å². The number of aliphatic hydroxyl groups excluding tert-OH is 1. The van der Waals surface area contributed by atoms with Crippen molar-refractivity contribution in [3.8, 4) is 5.75 Å². The molecule has 2 atom stereocenters. The molecular weight excluding hydrogens is 352 g/mol. The molecule has 3 rings (SSSR count). The van der Waals surface area contributed by atoms with Crippen LogP contribution in [-0.4, -0.2) is 18.3 Å². The number of fused-ring (bicyclic) bond motifs is 1. The van der Waals surface area contributed by atoms with Gasteiger partial charge < -0.3 is 9.84 Å². The quantitative estimate of drug-likeness (QED) is 0.844. The number of ether oxygens (including phenoxy) is 1. The van der Waals surface area contributed by atoms with Gasteiger partial charge in [0.05, 0.1) is 18.2 Å². The number of hydrogen-bond acceptors (Lipinski definition) is 2. The third-order valence-electron chi connectivity index (χ3n) is 4.00. The molecule has 110 valence electrons. The van der Waals surface area contributed by atoms with E-state index in [1.54, 1.807) is 7.11 Å². The molecule has 1 N–H and O–H groups in total. The van der Waals surface area contributed by atoms with Crippen molar-refractivity contribution in [2.24, 2.45) is 0 Å². The minimum atomic E-state index is -0.342. The van der Waals surface area contributed by atoms with Crippen molar-refractivity contribution in [2.45, 2.75) is 24.9 Å². The highest BCUT2D eigenvalue weighted by molar-refractivity contribution is 9.10. The van der Waals surface area contributed by atoms with Crippen LogP contribution in [0.1, 0.15) is 29.0 Å². The van der Waals surface area contributed by atoms with Gasteiger partial charge >= 0.3 is 0 Å². The van der Waals surface area contributed by atoms with Gasteiger partial charge in [-0.05, 0) is 53.8 Å². The molecule has 1 aliphatic rings. The van der Waals surface area contributed by atoms with Gasteiger partial charge in [-0.15, -0.1) is 0 Å². The molecule has 2 aromatic carbocycles. The Morgan fingerprint density at radius 1 is 1.29 bits per heavy atom. The van der Waals surface area contributed by atoms with Gasteiger partial charge in [0.2, 0.25) is 0 Å². The van der Waals surface area contributed by atoms with E-state index >= 15 is 0 Å². The molecule has 2 nitrogen and oxygen atoms in total. The highest BCUT2D eigenvalue weighted by atomic mass is 79.9. The van der Waals surface area contributed by atoms with Crippen molar-refractivity contribution in [1.29, 1.82) is 0 Å². The summed E-state index contributed by atoms with van der Waals surface area (Å²) >= 11 is 9.73. The summed E-state index contributed by atoms with van der Waals surface area (Å²) in [6.45, 7) is 0. The van der Waals surface area contributed by atoms with E-state index < -0.39 is 0 Å². The summed E-state index contributed by atoms with van der Waals surface area (Å²) in [5.41, 5.74) is 3.48. The molecule has 0 aliphatic heterocycles. The molecule has 0 saturated heterocycles. The van der Waals surface area contributed by atoms with Crippen molar-refractivity contribution in [1.82, 2.24) is 0 Å². The molecule has 0 bridgehead atoms. The van der Waals surface area contributed by atoms with Crippen molar-refractivity contribution in [2.75, 3.05) is 7.11 Å². The van der Waals surface area contributed by atoms with Crippen LogP contribution in [0.2, 0.25) is 5.02 Å². The smallest absolute Gasteiger partial charge is 0.137 e. The summed E-state index contributed by atoms with van der Waals surface area (Å²) in [6, 6.07) is 12.2. The third-order valence-corrected chi connectivity index (χ3v) is 4.79. The van der Waals surface area contributed by atoms with Crippen molar-refractivity contribution in [3.05, 3.63) is 62.6 Å². The molecule has 0 fully saturated rings. The number of hydrogen-bond donors (Lipinski definition) is 1. The van der Waals surface area contributed by atoms with E-state index in [0.717, 1.165) is 10.0 Å². The number of aliphatic hydroxyl groups is 1. The first-order chi connectivity index (χ1) is 10.1. The first-order valence-corrected chi connectivity index (χ1v) is 8.05. The molecule has 1 aliphatic carbocycles. The second kappa shape index (κ2) is 5.99. The summed E-state index contributed by atoms with van der Waals surface area (Å²) < 4.78 is 6.39. The first kappa shape index (κ1) is 14.9. The Morgan fingerprint density at radius 2 is 2.10 bits per heavy atom. The molecule has 0 unspecified atom stereocenters. The average Bonchev–Trinajstić information content (AvgIpc) is 2.45. The zero-order chi connectivity index (χ0) is 15.0. The van der Waals surface area contributed by atoms with Gasteiger partial charge in [0.25, 0.3) is 0 Å². The molecule has 4 heteroatoms. The molecule has 0 saturated carbocycles. The number of benzene rings is 2. The topological polar surface area (TPSA) is 29.5 Å². The number of methoxy groups -OCH3 is 1. The lowest BCUT2D eigenvalue weighted by Crippen LogP contribution is -2.23. The standard InChI is InChI=1S/C17H16BrClO2/c1-21-17-9-15-11(7-16(17)19)6-13(20)8-14(15)10-3-2-4-12(18)5-10/h2-5,7,9,13-14,20H,6,8H2,1H3/t13-,14+/m1/s1. The summed E-state index contributed by atoms with van der Waals surface area (Å²) in [5, 5.41) is 10.8. The SMILES string of the molecule is COc1cc2c(cc1Cl)C[C@@H](O)C[C@H]2c1cccc(Br)c1. The molecule has 0 aromatic heterocycles. The zero-order valence-corrected chi connectivity index (χ0v) is 14.0. The Hall–Kier alpha value is -1.03. The second-order valence-corrected chi connectivity index (χ2v) is 6.71. The predicted molar refractivity (Wildman–Crippen MR) is 88.3 cm³/mol. The van der Waals surface area contributed by atoms with Gasteiger partial charge in [0.15, 0.2) is 0 Å². The van der Waals surface area contributed by atoms with Crippen molar-refractivity contribution >= 4 is 27.5 Å². The third kappa shape index (κ3) is 2.96. The fourth-order valence-corrected chi connectivity index (χ4v) is 3.72. The Balaban J connectivity index is 2.12. The normalized spacial score (nSPS) is 21.0. The van der Waals surface area contributed by atoms with Crippen LogP contribution in [0.5, 0.6) is 5.75 Å². The molecule has 0 heterocycles. The fourth-order valence-electron chi connectivity index (χ4n) is 3.04. The molecule has 0 amide bonds. The Kier molecular flexibility index (Phi) is 4.25. The highest BCUT2D eigenvalue weighted by Gasteiger charge is 2.28. The molecule has 0 spiro atoms. The predicted octanol–water partition coefficient (Wildman–Crippen LogP) is 4.55. The average molecular weight is 368 g/mol. The lowest BCUT2D eigenvalue weighted by atomic mass is 9.77. The van der Waals surface area contributed by atoms with Gasteiger partial charge in [-0.3, -0.25) is 0 Å². The fraction of sp³-hybridized carbons (Fsp3) is 0.294. The van der Waals surface area contributed by atoms with Crippen LogP contribution in [-0.2, 0) is 6.42 Å². The maximum Gasteiger partial charge on any atom is 0.137 e. The minimum Gasteiger partial charge on any atom is -0.495 e. The highest BCUT2D eigenvalue weighted by Crippen LogP contribution is 2.41. The van der Waals surface area contributed by atoms with E-state index in [9.17, 15) is 5.11 Å². The second-order valence-electron chi connectivity index (χ2n) is 5.39. The van der Waals surface area contributed by atoms with Gasteiger partial charge in [0.1, 0.15) is 5.75 Å². The Bertz CT molecular complexity index is 672. The van der Waals surface area contributed by atoms with Crippen molar-refractivity contribution < 1.29 is 9.84 Å². The minimum absolute atomic E-state index is 0.160. The Morgan fingerprint density at radius 3 is 2.81 bits per heavy atom. The maximum absolute atomic E-state index is 10.2. The lowest BCUT2D eigenvalue weighted by Gasteiger charge is -2.30. The van der Waals surface area contributed by atoms with E-state index in [2.05, 4.69) is 28.1 Å². The van der Waals surface area contributed by atoms with Crippen LogP contribution in [0.15, 0.2) is 40.9 Å². The largest absolute Gasteiger partial charge is 0.495 e. The summed E-state index contributed by atoms with van der Waals surface area (Å²) in [6.07, 6.45) is 1.02. The molecule has 21 heavy (non-hydrogen) atoms. The van der Waals surface area contributed by atoms with E-state index in [4.69, 9.17) is 16.3 Å². The van der Waals surface area contributed by atoms with Gasteiger partial charge in [-0.2, -0.15) is 0 Å². The lowest BCUT2D eigenvalue weighted by molar-refractivity contribution is 0.152. The van der Waals surface area contributed by atoms with Crippen LogP contribution in [0.4, 0.5) is 0 Å². The zero-order valence-electron chi connectivity index (χ0n) is 11.6. The van der Waals surface area contributed by atoms with E-state index in [1.165, 1.54) is 11.1 Å². The first-order valence-electron chi connectivity index (χ1n) is 6.88. The molecule has 0 radical (unpaired) electrons. The number of rotatable bonds is 2. The van der Waals surface area contributed by atoms with E-state index in [-0.39, 0.29) is 12.0 Å². The van der Waals surface area contributed by atoms with Crippen LogP contribution in [0.25, 0.3) is 0 Å². The summed E-state index contributed by atoms with van der Waals surface area (Å²) in [7, 11) is 1.62. The molecule has 2 aromatic rings. The van der Waals surface area contributed by atoms with Gasteiger partial charge in [0, 0.05) is 10.4 Å².